The Balaban J connectivity index is 1.10. The number of amides is 1. The first-order chi connectivity index (χ1) is 27.0. The second-order valence-electron chi connectivity index (χ2n) is 13.8. The van der Waals surface area contributed by atoms with E-state index < -0.39 is 6.10 Å². The number of hydrogen-bond donors (Lipinski definition) is 2. The zero-order valence-electron chi connectivity index (χ0n) is 32.7. The average Bonchev–Trinajstić information content (AvgIpc) is 3.80. The van der Waals surface area contributed by atoms with Gasteiger partial charge in [0.25, 0.3) is 11.5 Å². The number of aromatic amines is 1. The molecule has 55 heavy (non-hydrogen) atoms. The minimum absolute atomic E-state index is 0.234. The van der Waals surface area contributed by atoms with Crippen LogP contribution in [0.5, 0.6) is 11.6 Å². The normalized spacial score (nSPS) is 11.8. The maximum absolute atomic E-state index is 13.7. The van der Waals surface area contributed by atoms with Crippen LogP contribution in [0.4, 0.5) is 5.69 Å². The number of carbonyl (C=O) groups excluding carboxylic acids is 1. The van der Waals surface area contributed by atoms with E-state index in [1.807, 2.05) is 56.3 Å². The second kappa shape index (κ2) is 22.5. The number of tetrazole rings is 1. The van der Waals surface area contributed by atoms with E-state index in [2.05, 4.69) is 45.0 Å². The van der Waals surface area contributed by atoms with E-state index in [-0.39, 0.29) is 11.5 Å². The number of carbonyl (C=O) groups is 1. The Morgan fingerprint density at radius 1 is 0.800 bits per heavy atom. The van der Waals surface area contributed by atoms with Crippen LogP contribution in [-0.2, 0) is 11.2 Å². The van der Waals surface area contributed by atoms with Gasteiger partial charge in [0.15, 0.2) is 6.10 Å². The monoisotopic (exact) mass is 767 g/mol. The van der Waals surface area contributed by atoms with Gasteiger partial charge in [-0.3, -0.25) is 14.7 Å². The molecule has 2 aromatic heterocycles. The quantitative estimate of drug-likeness (QED) is 0.0562. The molecule has 0 bridgehead atoms. The predicted molar refractivity (Wildman–Crippen MR) is 220 cm³/mol. The van der Waals surface area contributed by atoms with Gasteiger partial charge in [0, 0.05) is 5.69 Å². The standard InChI is InChI=1S/C43H57N7O4S/c1-4-7-8-9-10-11-12-13-14-15-16-17-19-23-33-24-22-27-37(32-33)54-38(5-2)40(51)44-34-28-30-36(31-29-34)49-42(52)39(41(46-49)53-6-3)55-43-45-47-48-50(43)35-25-20-18-21-26-35/h18,20-22,24-32,38,46H,4-17,19,23H2,1-3H3,(H,44,51). The molecule has 0 fully saturated rings. The molecule has 1 amide bonds. The largest absolute Gasteiger partial charge is 0.481 e. The van der Waals surface area contributed by atoms with Gasteiger partial charge in [-0.05, 0) is 102 Å². The molecule has 11 nitrogen and oxygen atoms in total. The van der Waals surface area contributed by atoms with Crippen molar-refractivity contribution in [3.63, 3.8) is 0 Å². The van der Waals surface area contributed by atoms with Crippen molar-refractivity contribution in [2.45, 2.75) is 133 Å². The molecule has 1 atom stereocenters. The van der Waals surface area contributed by atoms with Crippen molar-refractivity contribution in [2.24, 2.45) is 0 Å². The molecule has 1 unspecified atom stereocenters. The maximum Gasteiger partial charge on any atom is 0.289 e. The highest BCUT2D eigenvalue weighted by Crippen LogP contribution is 2.32. The van der Waals surface area contributed by atoms with Crippen molar-refractivity contribution in [2.75, 3.05) is 11.9 Å². The van der Waals surface area contributed by atoms with Crippen LogP contribution in [0.1, 0.15) is 116 Å². The minimum atomic E-state index is -0.655. The first kappa shape index (κ1) is 41.3. The van der Waals surface area contributed by atoms with Gasteiger partial charge in [0.05, 0.1) is 18.0 Å². The summed E-state index contributed by atoms with van der Waals surface area (Å²) in [4.78, 5) is 27.3. The summed E-state index contributed by atoms with van der Waals surface area (Å²) >= 11 is 1.12. The summed E-state index contributed by atoms with van der Waals surface area (Å²) in [6, 6.07) is 24.6. The Kier molecular flexibility index (Phi) is 16.9. The lowest BCUT2D eigenvalue weighted by Crippen LogP contribution is -2.32. The molecule has 0 saturated heterocycles. The molecule has 0 aliphatic rings. The van der Waals surface area contributed by atoms with Crippen molar-refractivity contribution in [3.05, 3.63) is 94.8 Å². The molecule has 2 N–H and O–H groups in total. The third-order valence-corrected chi connectivity index (χ3v) is 10.5. The number of aryl methyl sites for hydroxylation is 1. The lowest BCUT2D eigenvalue weighted by molar-refractivity contribution is -0.122. The summed E-state index contributed by atoms with van der Waals surface area (Å²) in [7, 11) is 0. The molecule has 12 heteroatoms. The topological polar surface area (TPSA) is 129 Å². The fourth-order valence-corrected chi connectivity index (χ4v) is 7.37. The van der Waals surface area contributed by atoms with Gasteiger partial charge in [-0.2, -0.15) is 4.68 Å². The van der Waals surface area contributed by atoms with Crippen LogP contribution in [0.25, 0.3) is 11.4 Å². The number of nitrogens with one attached hydrogen (secondary N) is 2. The second-order valence-corrected chi connectivity index (χ2v) is 14.8. The van der Waals surface area contributed by atoms with Crippen LogP contribution in [0.2, 0.25) is 0 Å². The highest BCUT2D eigenvalue weighted by molar-refractivity contribution is 7.99. The molecule has 0 spiro atoms. The number of unbranched alkanes of at least 4 members (excludes halogenated alkanes) is 12. The highest BCUT2D eigenvalue weighted by Gasteiger charge is 2.22. The predicted octanol–water partition coefficient (Wildman–Crippen LogP) is 10.1. The van der Waals surface area contributed by atoms with E-state index in [1.165, 1.54) is 87.3 Å². The zero-order chi connectivity index (χ0) is 38.7. The van der Waals surface area contributed by atoms with Gasteiger partial charge in [0.2, 0.25) is 11.0 Å². The van der Waals surface area contributed by atoms with Gasteiger partial charge < -0.3 is 14.8 Å². The van der Waals surface area contributed by atoms with Gasteiger partial charge in [0.1, 0.15) is 10.6 Å². The van der Waals surface area contributed by atoms with E-state index in [4.69, 9.17) is 9.47 Å². The highest BCUT2D eigenvalue weighted by atomic mass is 32.2. The number of aromatic nitrogens is 6. The Morgan fingerprint density at radius 3 is 2.13 bits per heavy atom. The van der Waals surface area contributed by atoms with E-state index in [0.717, 1.165) is 30.3 Å². The first-order valence-electron chi connectivity index (χ1n) is 20.2. The molecule has 0 aliphatic carbocycles. The summed E-state index contributed by atoms with van der Waals surface area (Å²) in [5.74, 6) is 0.781. The molecule has 5 aromatic rings. The van der Waals surface area contributed by atoms with E-state index >= 15 is 0 Å². The fourth-order valence-electron chi connectivity index (χ4n) is 6.51. The van der Waals surface area contributed by atoms with Crippen LogP contribution < -0.4 is 20.3 Å². The number of benzene rings is 3. The van der Waals surface area contributed by atoms with Crippen molar-refractivity contribution in [3.8, 4) is 23.0 Å². The number of para-hydroxylation sites is 1. The Morgan fingerprint density at radius 2 is 1.47 bits per heavy atom. The third-order valence-electron chi connectivity index (χ3n) is 9.54. The van der Waals surface area contributed by atoms with Gasteiger partial charge in [-0.1, -0.05) is 121 Å². The molecule has 294 valence electrons. The SMILES string of the molecule is CCCCCCCCCCCCCCCc1cccc(OC(CC)C(=O)Nc2ccc(-n3[nH]c(OCC)c(Sc4nnnn4-c4ccccc4)c3=O)cc2)c1. The Hall–Kier alpha value is -4.84. The number of H-pyrrole nitrogens is 1. The lowest BCUT2D eigenvalue weighted by atomic mass is 10.0. The molecular formula is C43H57N7O4S. The maximum atomic E-state index is 13.7. The minimum Gasteiger partial charge on any atom is -0.481 e. The first-order valence-corrected chi connectivity index (χ1v) is 21.0. The Bertz CT molecular complexity index is 1920. The van der Waals surface area contributed by atoms with Crippen LogP contribution in [0.3, 0.4) is 0 Å². The molecular weight excluding hydrogens is 711 g/mol. The fraction of sp³-hybridized carbons (Fsp3) is 0.465. The van der Waals surface area contributed by atoms with Crippen molar-refractivity contribution in [1.29, 1.82) is 0 Å². The molecule has 0 saturated carbocycles. The number of ether oxygens (including phenoxy) is 2. The van der Waals surface area contributed by atoms with Crippen molar-refractivity contribution >= 4 is 23.4 Å². The number of rotatable bonds is 25. The zero-order valence-corrected chi connectivity index (χ0v) is 33.5. The molecule has 3 aromatic carbocycles. The summed E-state index contributed by atoms with van der Waals surface area (Å²) in [5.41, 5.74) is 2.85. The lowest BCUT2D eigenvalue weighted by Gasteiger charge is -2.18. The molecule has 0 radical (unpaired) electrons. The summed E-state index contributed by atoms with van der Waals surface area (Å²) in [6.45, 7) is 6.41. The summed E-state index contributed by atoms with van der Waals surface area (Å²) < 4.78 is 15.0. The number of anilines is 1. The smallest absolute Gasteiger partial charge is 0.289 e. The number of nitrogens with zero attached hydrogens (tertiary/aromatic N) is 5. The summed E-state index contributed by atoms with van der Waals surface area (Å²) in [6.07, 6.45) is 18.3. The van der Waals surface area contributed by atoms with E-state index in [0.29, 0.717) is 46.1 Å². The van der Waals surface area contributed by atoms with Gasteiger partial charge in [-0.25, -0.2) is 4.68 Å². The van der Waals surface area contributed by atoms with Crippen molar-refractivity contribution < 1.29 is 14.3 Å². The average molecular weight is 768 g/mol. The van der Waals surface area contributed by atoms with Crippen molar-refractivity contribution in [1.82, 2.24) is 30.0 Å². The van der Waals surface area contributed by atoms with E-state index in [1.54, 1.807) is 28.9 Å². The van der Waals surface area contributed by atoms with Crippen LogP contribution in [0.15, 0.2) is 93.7 Å². The Labute approximate surface area is 329 Å². The molecule has 5 rings (SSSR count). The van der Waals surface area contributed by atoms with Crippen LogP contribution >= 0.6 is 11.8 Å². The van der Waals surface area contributed by atoms with Gasteiger partial charge >= 0.3 is 0 Å². The third kappa shape index (κ3) is 12.6. The van der Waals surface area contributed by atoms with Crippen LogP contribution in [0, 0.1) is 0 Å². The number of hydrogen-bond acceptors (Lipinski definition) is 8. The van der Waals surface area contributed by atoms with E-state index in [9.17, 15) is 9.59 Å². The van der Waals surface area contributed by atoms with Gasteiger partial charge in [-0.15, -0.1) is 5.10 Å². The van der Waals surface area contributed by atoms with Crippen LogP contribution in [-0.4, -0.2) is 48.6 Å². The molecule has 2 heterocycles. The summed E-state index contributed by atoms with van der Waals surface area (Å²) in [5, 5.41) is 18.5. The molecule has 0 aliphatic heterocycles.